The smallest absolute Gasteiger partial charge is 0.261 e. The molecule has 2 rings (SSSR count). The van der Waals surface area contributed by atoms with E-state index < -0.39 is 10.0 Å². The van der Waals surface area contributed by atoms with Crippen molar-refractivity contribution in [3.63, 3.8) is 0 Å². The molecule has 0 aliphatic rings. The van der Waals surface area contributed by atoms with E-state index in [0.717, 1.165) is 6.42 Å². The Morgan fingerprint density at radius 3 is 2.65 bits per heavy atom. The van der Waals surface area contributed by atoms with Crippen molar-refractivity contribution in [2.45, 2.75) is 11.3 Å². The molecule has 4 N–H and O–H groups in total. The number of hydrogen-bond donors (Lipinski definition) is 3. The monoisotopic (exact) mass is 296 g/mol. The van der Waals surface area contributed by atoms with Crippen LogP contribution in [0.2, 0.25) is 0 Å². The molecule has 0 fully saturated rings. The highest BCUT2D eigenvalue weighted by atomic mass is 32.2. The van der Waals surface area contributed by atoms with Crippen molar-refractivity contribution in [1.29, 1.82) is 0 Å². The lowest BCUT2D eigenvalue weighted by Gasteiger charge is -2.08. The van der Waals surface area contributed by atoms with E-state index in [0.29, 0.717) is 24.6 Å². The molecule has 0 bridgehead atoms. The second-order valence-corrected chi connectivity index (χ2v) is 5.74. The highest BCUT2D eigenvalue weighted by Crippen LogP contribution is 2.18. The first-order valence-electron chi connectivity index (χ1n) is 6.06. The number of sulfonamides is 1. The molecule has 20 heavy (non-hydrogen) atoms. The van der Waals surface area contributed by atoms with Crippen LogP contribution >= 0.6 is 0 Å². The SMILES string of the molecule is NCCCOc1ccc(S(=O)(=O)Nc2cn[nH]c2)cc1. The van der Waals surface area contributed by atoms with Crippen LogP contribution in [-0.4, -0.2) is 31.8 Å². The second kappa shape index (κ2) is 6.40. The van der Waals surface area contributed by atoms with E-state index in [2.05, 4.69) is 14.9 Å². The summed E-state index contributed by atoms with van der Waals surface area (Å²) < 4.78 is 31.9. The topological polar surface area (TPSA) is 110 Å². The van der Waals surface area contributed by atoms with Crippen LogP contribution < -0.4 is 15.2 Å². The zero-order valence-electron chi connectivity index (χ0n) is 10.7. The first kappa shape index (κ1) is 14.4. The maximum atomic E-state index is 12.1. The third kappa shape index (κ3) is 3.72. The van der Waals surface area contributed by atoms with E-state index in [-0.39, 0.29) is 4.90 Å². The van der Waals surface area contributed by atoms with Gasteiger partial charge in [-0.3, -0.25) is 9.82 Å². The van der Waals surface area contributed by atoms with Crippen LogP contribution in [-0.2, 0) is 10.0 Å². The first-order chi connectivity index (χ1) is 9.62. The molecule has 0 radical (unpaired) electrons. The van der Waals surface area contributed by atoms with E-state index in [9.17, 15) is 8.42 Å². The van der Waals surface area contributed by atoms with Crippen LogP contribution in [0.1, 0.15) is 6.42 Å². The van der Waals surface area contributed by atoms with Gasteiger partial charge in [0.1, 0.15) is 5.75 Å². The number of nitrogens with one attached hydrogen (secondary N) is 2. The lowest BCUT2D eigenvalue weighted by atomic mass is 10.3. The molecule has 7 nitrogen and oxygen atoms in total. The van der Waals surface area contributed by atoms with Crippen LogP contribution in [0.5, 0.6) is 5.75 Å². The highest BCUT2D eigenvalue weighted by molar-refractivity contribution is 7.92. The van der Waals surface area contributed by atoms with Crippen molar-refractivity contribution < 1.29 is 13.2 Å². The van der Waals surface area contributed by atoms with Gasteiger partial charge in [-0.05, 0) is 37.2 Å². The van der Waals surface area contributed by atoms with Gasteiger partial charge in [-0.15, -0.1) is 0 Å². The Morgan fingerprint density at radius 1 is 1.30 bits per heavy atom. The van der Waals surface area contributed by atoms with Gasteiger partial charge in [0.15, 0.2) is 0 Å². The Labute approximate surface area is 117 Å². The number of nitrogens with two attached hydrogens (primary N) is 1. The molecule has 1 aromatic heterocycles. The van der Waals surface area contributed by atoms with Crippen molar-refractivity contribution in [1.82, 2.24) is 10.2 Å². The van der Waals surface area contributed by atoms with E-state index in [1.807, 2.05) is 0 Å². The average Bonchev–Trinajstić information content (AvgIpc) is 2.92. The third-order valence-corrected chi connectivity index (χ3v) is 3.90. The molecule has 0 aliphatic carbocycles. The zero-order valence-corrected chi connectivity index (χ0v) is 11.6. The Balaban J connectivity index is 2.05. The molecule has 0 spiro atoms. The molecule has 0 aliphatic heterocycles. The molecule has 0 amide bonds. The molecular weight excluding hydrogens is 280 g/mol. The molecule has 1 heterocycles. The fourth-order valence-electron chi connectivity index (χ4n) is 1.51. The molecule has 0 saturated carbocycles. The second-order valence-electron chi connectivity index (χ2n) is 4.05. The van der Waals surface area contributed by atoms with E-state index >= 15 is 0 Å². The number of anilines is 1. The zero-order chi connectivity index (χ0) is 14.4. The van der Waals surface area contributed by atoms with Gasteiger partial charge in [0, 0.05) is 6.20 Å². The molecule has 8 heteroatoms. The molecule has 2 aromatic rings. The summed E-state index contributed by atoms with van der Waals surface area (Å²) in [5.41, 5.74) is 5.75. The summed E-state index contributed by atoms with van der Waals surface area (Å²) in [5.74, 6) is 0.612. The largest absolute Gasteiger partial charge is 0.494 e. The Kier molecular flexibility index (Phi) is 4.59. The molecule has 0 saturated heterocycles. The quantitative estimate of drug-likeness (QED) is 0.659. The van der Waals surface area contributed by atoms with Gasteiger partial charge in [-0.25, -0.2) is 8.42 Å². The van der Waals surface area contributed by atoms with E-state index in [1.54, 1.807) is 12.1 Å². The summed E-state index contributed by atoms with van der Waals surface area (Å²) in [4.78, 5) is 0.157. The number of nitrogens with zero attached hydrogens (tertiary/aromatic N) is 1. The fraction of sp³-hybridized carbons (Fsp3) is 0.250. The van der Waals surface area contributed by atoms with Gasteiger partial charge in [-0.1, -0.05) is 0 Å². The lowest BCUT2D eigenvalue weighted by molar-refractivity contribution is 0.313. The minimum atomic E-state index is -3.61. The maximum absolute atomic E-state index is 12.1. The normalized spacial score (nSPS) is 11.2. The number of ether oxygens (including phenoxy) is 1. The third-order valence-electron chi connectivity index (χ3n) is 2.50. The Hall–Kier alpha value is -2.06. The summed E-state index contributed by atoms with van der Waals surface area (Å²) in [5, 5.41) is 6.21. The van der Waals surface area contributed by atoms with Crippen molar-refractivity contribution >= 4 is 15.7 Å². The molecular formula is C12H16N4O3S. The standard InChI is InChI=1S/C12H16N4O3S/c13-6-1-7-19-11-2-4-12(5-3-11)20(17,18)16-10-8-14-15-9-10/h2-5,8-9,16H,1,6-7,13H2,(H,14,15). The van der Waals surface area contributed by atoms with Crippen molar-refractivity contribution in [2.24, 2.45) is 5.73 Å². The number of rotatable bonds is 7. The fourth-order valence-corrected chi connectivity index (χ4v) is 2.54. The molecule has 108 valence electrons. The van der Waals surface area contributed by atoms with Crippen molar-refractivity contribution in [3.05, 3.63) is 36.7 Å². The van der Waals surface area contributed by atoms with Crippen molar-refractivity contribution in [3.8, 4) is 5.75 Å². The number of aromatic amines is 1. The van der Waals surface area contributed by atoms with Gasteiger partial charge in [0.25, 0.3) is 10.0 Å². The summed E-state index contributed by atoms with van der Waals surface area (Å²) in [6, 6.07) is 6.20. The first-order valence-corrected chi connectivity index (χ1v) is 7.54. The minimum absolute atomic E-state index is 0.157. The number of aromatic nitrogens is 2. The van der Waals surface area contributed by atoms with E-state index in [4.69, 9.17) is 10.5 Å². The summed E-state index contributed by atoms with van der Waals surface area (Å²) in [7, 11) is -3.61. The summed E-state index contributed by atoms with van der Waals surface area (Å²) >= 11 is 0. The van der Waals surface area contributed by atoms with Gasteiger partial charge in [-0.2, -0.15) is 5.10 Å². The molecule has 1 aromatic carbocycles. The summed E-state index contributed by atoms with van der Waals surface area (Å²) in [6.07, 6.45) is 3.60. The van der Waals surface area contributed by atoms with Gasteiger partial charge in [0.05, 0.1) is 23.4 Å². The van der Waals surface area contributed by atoms with Crippen molar-refractivity contribution in [2.75, 3.05) is 17.9 Å². The van der Waals surface area contributed by atoms with Crippen LogP contribution in [0.4, 0.5) is 5.69 Å². The van der Waals surface area contributed by atoms with Crippen LogP contribution in [0.3, 0.4) is 0 Å². The molecule has 0 atom stereocenters. The average molecular weight is 296 g/mol. The minimum Gasteiger partial charge on any atom is -0.494 e. The van der Waals surface area contributed by atoms with Gasteiger partial charge in [0.2, 0.25) is 0 Å². The summed E-state index contributed by atoms with van der Waals surface area (Å²) in [6.45, 7) is 1.07. The Bertz CT molecular complexity index is 623. The van der Waals surface area contributed by atoms with Crippen LogP contribution in [0.15, 0.2) is 41.6 Å². The maximum Gasteiger partial charge on any atom is 0.261 e. The van der Waals surface area contributed by atoms with Crippen LogP contribution in [0, 0.1) is 0 Å². The predicted octanol–water partition coefficient (Wildman–Crippen LogP) is 0.938. The van der Waals surface area contributed by atoms with Gasteiger partial charge >= 0.3 is 0 Å². The Morgan fingerprint density at radius 2 is 2.05 bits per heavy atom. The van der Waals surface area contributed by atoms with Crippen LogP contribution in [0.25, 0.3) is 0 Å². The predicted molar refractivity (Wildman–Crippen MR) is 75.0 cm³/mol. The number of benzene rings is 1. The highest BCUT2D eigenvalue weighted by Gasteiger charge is 2.14. The molecule has 0 unspecified atom stereocenters. The lowest BCUT2D eigenvalue weighted by Crippen LogP contribution is -2.12. The number of H-pyrrole nitrogens is 1. The van der Waals surface area contributed by atoms with E-state index in [1.165, 1.54) is 24.5 Å². The van der Waals surface area contributed by atoms with Gasteiger partial charge < -0.3 is 10.5 Å². The number of hydrogen-bond acceptors (Lipinski definition) is 5.